The molecule has 16 heteroatoms. The first kappa shape index (κ1) is 36.5. The number of amides is 4. The quantitative estimate of drug-likeness (QED) is 0.0782. The summed E-state index contributed by atoms with van der Waals surface area (Å²) in [6.07, 6.45) is 3.32. The summed E-state index contributed by atoms with van der Waals surface area (Å²) in [6.45, 7) is 3.25. The summed E-state index contributed by atoms with van der Waals surface area (Å²) in [5.41, 5.74) is 0.687. The number of carbonyl (C=O) groups is 3. The van der Waals surface area contributed by atoms with Crippen LogP contribution in [0.3, 0.4) is 0 Å². The van der Waals surface area contributed by atoms with Crippen molar-refractivity contribution in [3.63, 3.8) is 0 Å². The molecule has 3 aliphatic heterocycles. The number of anilines is 1. The summed E-state index contributed by atoms with van der Waals surface area (Å²) in [5, 5.41) is 12.2. The van der Waals surface area contributed by atoms with Crippen LogP contribution in [-0.4, -0.2) is 131 Å². The van der Waals surface area contributed by atoms with E-state index in [1.54, 1.807) is 7.11 Å². The van der Waals surface area contributed by atoms with Crippen LogP contribution in [0.5, 0.6) is 5.75 Å². The topological polar surface area (TPSA) is 145 Å². The fourth-order valence-electron chi connectivity index (χ4n) is 4.97. The Labute approximate surface area is 280 Å². The predicted octanol–water partition coefficient (Wildman–Crippen LogP) is 1.72. The number of nitrogens with one attached hydrogen (secondary N) is 4. The third kappa shape index (κ3) is 13.0. The summed E-state index contributed by atoms with van der Waals surface area (Å²) in [4.78, 5) is 35.9. The number of fused-ring (bicyclic) bond motifs is 1. The van der Waals surface area contributed by atoms with Gasteiger partial charge in [0, 0.05) is 24.0 Å². The second-order valence-corrected chi connectivity index (χ2v) is 23.5. The van der Waals surface area contributed by atoms with Crippen molar-refractivity contribution in [2.45, 2.75) is 43.0 Å². The zero-order valence-electron chi connectivity index (χ0n) is 25.7. The average molecular weight is 749 g/mol. The Morgan fingerprint density at radius 1 is 0.933 bits per heavy atom. The van der Waals surface area contributed by atoms with Gasteiger partial charge < -0.3 is 25.4 Å². The smallest absolute Gasteiger partial charge is 0.377 e. The fraction of sp³-hybridized carbons (Fsp3) is 0.690. The van der Waals surface area contributed by atoms with Crippen molar-refractivity contribution in [1.82, 2.24) is 16.0 Å². The molecule has 0 aliphatic carbocycles. The summed E-state index contributed by atoms with van der Waals surface area (Å²) < 4.78 is 28.7. The Hall–Kier alpha value is -1.32. The van der Waals surface area contributed by atoms with Crippen molar-refractivity contribution in [2.24, 2.45) is 0 Å². The number of hydrogen-bond acceptors (Lipinski definition) is 11. The van der Waals surface area contributed by atoms with Gasteiger partial charge in [-0.25, -0.2) is 4.79 Å². The zero-order chi connectivity index (χ0) is 31.7. The first-order valence-corrected chi connectivity index (χ1v) is 23.8. The molecule has 0 saturated carbocycles. The molecule has 252 valence electrons. The third-order valence-corrected chi connectivity index (χ3v) is 22.4. The number of rotatable bonds is 22. The minimum absolute atomic E-state index is 0.0360. The number of benzene rings is 1. The Balaban J connectivity index is 0.895. The molecular formula is C29H45AsN4O8S3. The first-order chi connectivity index (χ1) is 22.0. The van der Waals surface area contributed by atoms with E-state index in [2.05, 4.69) is 47.4 Å². The molecule has 0 radical (unpaired) electrons. The second kappa shape index (κ2) is 20.8. The van der Waals surface area contributed by atoms with Crippen LogP contribution in [-0.2, 0) is 28.5 Å². The molecule has 0 spiro atoms. The van der Waals surface area contributed by atoms with Gasteiger partial charge in [0.15, 0.2) is 0 Å². The third-order valence-electron chi connectivity index (χ3n) is 7.17. The zero-order valence-corrected chi connectivity index (χ0v) is 30.0. The van der Waals surface area contributed by atoms with Crippen molar-refractivity contribution in [1.29, 1.82) is 0 Å². The normalized spacial score (nSPS) is 20.9. The van der Waals surface area contributed by atoms with Crippen LogP contribution in [0.4, 0.5) is 10.5 Å². The van der Waals surface area contributed by atoms with Gasteiger partial charge >= 0.3 is 154 Å². The number of ether oxygens (including phenoxy) is 5. The van der Waals surface area contributed by atoms with Gasteiger partial charge in [0.05, 0.1) is 31.9 Å². The second-order valence-electron chi connectivity index (χ2n) is 10.5. The molecule has 45 heavy (non-hydrogen) atoms. The Bertz CT molecular complexity index is 1090. The Morgan fingerprint density at radius 2 is 1.64 bits per heavy atom. The summed E-state index contributed by atoms with van der Waals surface area (Å²) >= 11 is 0.753. The van der Waals surface area contributed by atoms with Gasteiger partial charge in [-0.1, -0.05) is 6.42 Å². The number of hydrogen-bond donors (Lipinski definition) is 4. The van der Waals surface area contributed by atoms with E-state index in [1.807, 2.05) is 23.9 Å². The molecule has 0 bridgehead atoms. The summed E-state index contributed by atoms with van der Waals surface area (Å²) in [6, 6.07) is 6.48. The molecule has 4 N–H and O–H groups in total. The molecule has 1 aromatic rings. The summed E-state index contributed by atoms with van der Waals surface area (Å²) in [7, 11) is 5.71. The fourth-order valence-corrected chi connectivity index (χ4v) is 20.6. The van der Waals surface area contributed by atoms with Crippen LogP contribution in [0.25, 0.3) is 0 Å². The van der Waals surface area contributed by atoms with Crippen LogP contribution in [0.2, 0.25) is 0 Å². The number of carbonyl (C=O) groups excluding carboxylic acids is 3. The maximum atomic E-state index is 12.4. The molecule has 1 aromatic carbocycles. The van der Waals surface area contributed by atoms with E-state index in [4.69, 9.17) is 23.7 Å². The van der Waals surface area contributed by atoms with Crippen LogP contribution in [0, 0.1) is 0 Å². The summed E-state index contributed by atoms with van der Waals surface area (Å²) in [5.74, 6) is 3.81. The maximum absolute atomic E-state index is 12.4. The number of thioether (sulfide) groups is 1. The van der Waals surface area contributed by atoms with Gasteiger partial charge in [-0.05, 0) is 12.8 Å². The SMILES string of the molecule is COc1ccc([As]2SCCS2)cc1NC(=O)COCCOCCOCCOCCNC(=O)CCCC[C@H]1SCC2NC(=O)NC21. The van der Waals surface area contributed by atoms with Crippen LogP contribution < -0.4 is 30.4 Å². The molecule has 3 atom stereocenters. The Morgan fingerprint density at radius 3 is 2.38 bits per heavy atom. The molecule has 2 unspecified atom stereocenters. The van der Waals surface area contributed by atoms with Gasteiger partial charge in [-0.3, -0.25) is 4.79 Å². The van der Waals surface area contributed by atoms with Gasteiger partial charge in [0.2, 0.25) is 5.91 Å². The van der Waals surface area contributed by atoms with Gasteiger partial charge in [-0.2, -0.15) is 11.8 Å². The molecule has 4 rings (SSSR count). The van der Waals surface area contributed by atoms with E-state index >= 15 is 0 Å². The van der Waals surface area contributed by atoms with Crippen molar-refractivity contribution >= 4 is 72.0 Å². The van der Waals surface area contributed by atoms with E-state index in [9.17, 15) is 14.4 Å². The van der Waals surface area contributed by atoms with Crippen molar-refractivity contribution < 1.29 is 38.1 Å². The monoisotopic (exact) mass is 748 g/mol. The van der Waals surface area contributed by atoms with Crippen molar-refractivity contribution in [3.05, 3.63) is 18.2 Å². The standard InChI is InChI=1S/C29H45AsN4O8S3/c1-38-24-7-6-21(30-44-16-17-45-30)18-22(24)32-27(36)19-42-15-14-41-13-12-40-11-10-39-9-8-31-26(35)5-3-2-4-25-28-23(20-43-25)33-29(37)34-28/h6-7,18,23,25,28H,2-5,8-17,19-20H2,1H3,(H,31,35)(H,32,36)(H2,33,34,37)/t23?,25-,28?/m1/s1. The molecule has 3 fully saturated rings. The van der Waals surface area contributed by atoms with E-state index in [0.29, 0.717) is 75.9 Å². The minimum Gasteiger partial charge on any atom is -0.377 e. The van der Waals surface area contributed by atoms with E-state index in [0.717, 1.165) is 25.0 Å². The molecule has 4 amide bonds. The van der Waals surface area contributed by atoms with Gasteiger partial charge in [-0.15, -0.1) is 0 Å². The van der Waals surface area contributed by atoms with Crippen LogP contribution in [0.1, 0.15) is 25.7 Å². The number of methoxy groups -OCH3 is 1. The molecule has 12 nitrogen and oxygen atoms in total. The Kier molecular flexibility index (Phi) is 16.9. The van der Waals surface area contributed by atoms with E-state index < -0.39 is 12.3 Å². The van der Waals surface area contributed by atoms with E-state index in [1.165, 1.54) is 15.9 Å². The number of unbranched alkanes of at least 4 members (excludes halogenated alkanes) is 1. The first-order valence-electron chi connectivity index (χ1n) is 15.3. The number of urea groups is 1. The predicted molar refractivity (Wildman–Crippen MR) is 182 cm³/mol. The molecule has 0 aromatic heterocycles. The molecule has 3 aliphatic rings. The molecule has 3 heterocycles. The van der Waals surface area contributed by atoms with Gasteiger partial charge in [0.1, 0.15) is 0 Å². The average Bonchev–Trinajstić information content (AvgIpc) is 3.78. The van der Waals surface area contributed by atoms with Crippen molar-refractivity contribution in [3.8, 4) is 5.75 Å². The van der Waals surface area contributed by atoms with Gasteiger partial charge in [0.25, 0.3) is 0 Å². The van der Waals surface area contributed by atoms with Crippen LogP contribution >= 0.6 is 31.8 Å². The van der Waals surface area contributed by atoms with Crippen LogP contribution in [0.15, 0.2) is 18.2 Å². The molecule has 3 saturated heterocycles. The molecular weight excluding hydrogens is 703 g/mol. The van der Waals surface area contributed by atoms with E-state index in [-0.39, 0.29) is 36.5 Å². The minimum atomic E-state index is -1.15. The van der Waals surface area contributed by atoms with Crippen molar-refractivity contribution in [2.75, 3.05) is 89.1 Å².